The van der Waals surface area contributed by atoms with E-state index in [-0.39, 0.29) is 6.42 Å². The molecule has 0 radical (unpaired) electrons. The van der Waals surface area contributed by atoms with Gasteiger partial charge in [-0.05, 0) is 24.6 Å². The topological polar surface area (TPSA) is 54.6 Å². The number of aliphatic carboxylic acids is 1. The summed E-state index contributed by atoms with van der Waals surface area (Å²) in [5.41, 5.74) is 4.84. The Morgan fingerprint density at radius 2 is 1.77 bits per heavy atom. The fourth-order valence-electron chi connectivity index (χ4n) is 2.92. The van der Waals surface area contributed by atoms with E-state index in [4.69, 9.17) is 11.6 Å². The van der Waals surface area contributed by atoms with Crippen LogP contribution in [0.15, 0.2) is 54.7 Å². The van der Waals surface area contributed by atoms with Crippen molar-refractivity contribution in [3.8, 4) is 22.5 Å². The first-order valence-corrected chi connectivity index (χ1v) is 9.26. The SMILES string of the molecule is Cc1ccc(-c2c(CC(=O)O)sc3nc(-c4ccc(Cl)cc4)cn23)cc1. The van der Waals surface area contributed by atoms with Crippen molar-refractivity contribution in [1.82, 2.24) is 9.38 Å². The first kappa shape index (κ1) is 16.8. The number of benzene rings is 2. The average Bonchev–Trinajstić information content (AvgIpc) is 3.13. The van der Waals surface area contributed by atoms with Crippen LogP contribution in [0.1, 0.15) is 10.4 Å². The van der Waals surface area contributed by atoms with Crippen LogP contribution in [0, 0.1) is 6.92 Å². The van der Waals surface area contributed by atoms with Crippen LogP contribution in [0.3, 0.4) is 0 Å². The molecule has 0 aliphatic carbocycles. The Morgan fingerprint density at radius 3 is 2.42 bits per heavy atom. The Hall–Kier alpha value is -2.63. The fraction of sp³-hybridized carbons (Fsp3) is 0.100. The highest BCUT2D eigenvalue weighted by Gasteiger charge is 2.19. The second-order valence-corrected chi connectivity index (χ2v) is 7.59. The van der Waals surface area contributed by atoms with Gasteiger partial charge in [-0.1, -0.05) is 53.6 Å². The largest absolute Gasteiger partial charge is 0.481 e. The van der Waals surface area contributed by atoms with Crippen LogP contribution in [-0.2, 0) is 11.2 Å². The standard InChI is InChI=1S/C20H15ClN2O2S/c1-12-2-4-14(5-3-12)19-17(10-18(24)25)26-20-22-16(11-23(19)20)13-6-8-15(21)9-7-13/h2-9,11H,10H2,1H3,(H,24,25). The molecule has 4 aromatic rings. The van der Waals surface area contributed by atoms with Gasteiger partial charge in [0.05, 0.1) is 17.8 Å². The highest BCUT2D eigenvalue weighted by Crippen LogP contribution is 2.34. The molecule has 0 spiro atoms. The highest BCUT2D eigenvalue weighted by atomic mass is 35.5. The van der Waals surface area contributed by atoms with E-state index in [1.807, 2.05) is 66.1 Å². The van der Waals surface area contributed by atoms with Gasteiger partial charge in [0.25, 0.3) is 0 Å². The molecule has 0 saturated heterocycles. The number of nitrogens with zero attached hydrogens (tertiary/aromatic N) is 2. The lowest BCUT2D eigenvalue weighted by Gasteiger charge is -2.04. The summed E-state index contributed by atoms with van der Waals surface area (Å²) >= 11 is 7.38. The number of aromatic nitrogens is 2. The maximum absolute atomic E-state index is 11.3. The van der Waals surface area contributed by atoms with E-state index in [0.29, 0.717) is 5.02 Å². The summed E-state index contributed by atoms with van der Waals surface area (Å²) in [4.78, 5) is 17.6. The zero-order valence-corrected chi connectivity index (χ0v) is 15.5. The number of rotatable bonds is 4. The minimum Gasteiger partial charge on any atom is -0.481 e. The smallest absolute Gasteiger partial charge is 0.308 e. The molecule has 2 aromatic heterocycles. The van der Waals surface area contributed by atoms with Gasteiger partial charge in [-0.2, -0.15) is 0 Å². The predicted molar refractivity (Wildman–Crippen MR) is 105 cm³/mol. The molecule has 0 fully saturated rings. The summed E-state index contributed by atoms with van der Waals surface area (Å²) in [7, 11) is 0. The van der Waals surface area contributed by atoms with Crippen LogP contribution in [0.4, 0.5) is 0 Å². The Labute approximate surface area is 159 Å². The molecule has 0 aliphatic heterocycles. The molecule has 1 N–H and O–H groups in total. The number of hydrogen-bond acceptors (Lipinski definition) is 3. The number of halogens is 1. The number of fused-ring (bicyclic) bond motifs is 1. The quantitative estimate of drug-likeness (QED) is 0.519. The molecule has 6 heteroatoms. The third-order valence-electron chi connectivity index (χ3n) is 4.17. The number of aryl methyl sites for hydroxylation is 1. The second-order valence-electron chi connectivity index (χ2n) is 6.10. The van der Waals surface area contributed by atoms with E-state index in [1.54, 1.807) is 0 Å². The maximum atomic E-state index is 11.3. The third kappa shape index (κ3) is 3.11. The van der Waals surface area contributed by atoms with Crippen LogP contribution < -0.4 is 0 Å². The molecular weight excluding hydrogens is 368 g/mol. The Morgan fingerprint density at radius 1 is 1.12 bits per heavy atom. The Kier molecular flexibility index (Phi) is 4.26. The molecule has 0 aliphatic rings. The minimum atomic E-state index is -0.846. The van der Waals surface area contributed by atoms with Gasteiger partial charge in [0, 0.05) is 21.7 Å². The number of carboxylic acids is 1. The summed E-state index contributed by atoms with van der Waals surface area (Å²) in [5, 5.41) is 9.95. The van der Waals surface area contributed by atoms with Crippen LogP contribution in [0.5, 0.6) is 0 Å². The van der Waals surface area contributed by atoms with E-state index in [2.05, 4.69) is 4.98 Å². The summed E-state index contributed by atoms with van der Waals surface area (Å²) < 4.78 is 1.98. The molecule has 4 nitrogen and oxygen atoms in total. The number of hydrogen-bond donors (Lipinski definition) is 1. The van der Waals surface area contributed by atoms with E-state index in [1.165, 1.54) is 11.3 Å². The normalized spacial score (nSPS) is 11.2. The van der Waals surface area contributed by atoms with Crippen LogP contribution >= 0.6 is 22.9 Å². The number of carbonyl (C=O) groups is 1. The van der Waals surface area contributed by atoms with Gasteiger partial charge in [-0.3, -0.25) is 9.20 Å². The van der Waals surface area contributed by atoms with Gasteiger partial charge in [0.1, 0.15) is 0 Å². The van der Waals surface area contributed by atoms with Crippen molar-refractivity contribution in [2.24, 2.45) is 0 Å². The summed E-state index contributed by atoms with van der Waals surface area (Å²) in [6.45, 7) is 2.03. The number of imidazole rings is 1. The van der Waals surface area contributed by atoms with E-state index >= 15 is 0 Å². The first-order chi connectivity index (χ1) is 12.5. The molecule has 2 aromatic carbocycles. The van der Waals surface area contributed by atoms with Crippen molar-refractivity contribution in [3.05, 3.63) is 70.2 Å². The number of carboxylic acid groups (broad SMARTS) is 1. The van der Waals surface area contributed by atoms with Crippen LogP contribution in [0.2, 0.25) is 5.02 Å². The van der Waals surface area contributed by atoms with E-state index in [9.17, 15) is 9.90 Å². The molecule has 0 saturated carbocycles. The minimum absolute atomic E-state index is 0.0203. The van der Waals surface area contributed by atoms with E-state index < -0.39 is 5.97 Å². The molecular formula is C20H15ClN2O2S. The lowest BCUT2D eigenvalue weighted by atomic mass is 10.1. The Bertz CT molecular complexity index is 1100. The second kappa shape index (κ2) is 6.59. The summed E-state index contributed by atoms with van der Waals surface area (Å²) in [6, 6.07) is 15.6. The number of thiazole rings is 1. The zero-order chi connectivity index (χ0) is 18.3. The van der Waals surface area contributed by atoms with Crippen LogP contribution in [-0.4, -0.2) is 20.5 Å². The lowest BCUT2D eigenvalue weighted by molar-refractivity contribution is -0.136. The van der Waals surface area contributed by atoms with Gasteiger partial charge in [-0.15, -0.1) is 11.3 Å². The molecule has 26 heavy (non-hydrogen) atoms. The zero-order valence-electron chi connectivity index (χ0n) is 13.9. The predicted octanol–water partition coefficient (Wildman–Crippen LogP) is 5.32. The average molecular weight is 383 g/mol. The molecule has 2 heterocycles. The maximum Gasteiger partial charge on any atom is 0.308 e. The molecule has 0 atom stereocenters. The highest BCUT2D eigenvalue weighted by molar-refractivity contribution is 7.17. The van der Waals surface area contributed by atoms with Gasteiger partial charge in [-0.25, -0.2) is 4.98 Å². The molecule has 4 rings (SSSR count). The third-order valence-corrected chi connectivity index (χ3v) is 5.48. The molecule has 0 amide bonds. The van der Waals surface area contributed by atoms with Crippen molar-refractivity contribution in [2.75, 3.05) is 0 Å². The van der Waals surface area contributed by atoms with Gasteiger partial charge < -0.3 is 5.11 Å². The van der Waals surface area contributed by atoms with Crippen molar-refractivity contribution in [2.45, 2.75) is 13.3 Å². The van der Waals surface area contributed by atoms with Crippen LogP contribution in [0.25, 0.3) is 27.5 Å². The fourth-order valence-corrected chi connectivity index (χ4v) is 4.16. The monoisotopic (exact) mass is 382 g/mol. The van der Waals surface area contributed by atoms with Crippen molar-refractivity contribution in [3.63, 3.8) is 0 Å². The van der Waals surface area contributed by atoms with Crippen molar-refractivity contribution >= 4 is 33.9 Å². The van der Waals surface area contributed by atoms with Crippen molar-refractivity contribution < 1.29 is 9.90 Å². The van der Waals surface area contributed by atoms with Crippen molar-refractivity contribution in [1.29, 1.82) is 0 Å². The Balaban J connectivity index is 1.89. The van der Waals surface area contributed by atoms with Gasteiger partial charge >= 0.3 is 5.97 Å². The molecule has 130 valence electrons. The van der Waals surface area contributed by atoms with E-state index in [0.717, 1.165) is 37.9 Å². The lowest BCUT2D eigenvalue weighted by Crippen LogP contribution is -2.00. The first-order valence-electron chi connectivity index (χ1n) is 8.07. The summed E-state index contributed by atoms with van der Waals surface area (Å²) in [5.74, 6) is -0.846. The van der Waals surface area contributed by atoms with Gasteiger partial charge in [0.2, 0.25) is 0 Å². The molecule has 0 unspecified atom stereocenters. The summed E-state index contributed by atoms with van der Waals surface area (Å²) in [6.07, 6.45) is 1.93. The molecule has 0 bridgehead atoms. The van der Waals surface area contributed by atoms with Gasteiger partial charge in [0.15, 0.2) is 4.96 Å².